The zero-order chi connectivity index (χ0) is 14.5. The maximum Gasteiger partial charge on any atom is 0.269 e. The van der Waals surface area contributed by atoms with E-state index in [1.165, 1.54) is 18.2 Å². The summed E-state index contributed by atoms with van der Waals surface area (Å²) in [6.07, 6.45) is 0. The SMILES string of the molecule is O=[N+]([O-])c1ccc(Cl)c(COCc2ccccc2Br)c1. The Morgan fingerprint density at radius 3 is 2.55 bits per heavy atom. The lowest BCUT2D eigenvalue weighted by Gasteiger charge is -2.07. The number of nitro benzene ring substituents is 1. The van der Waals surface area contributed by atoms with Crippen molar-refractivity contribution in [3.8, 4) is 0 Å². The fourth-order valence-electron chi connectivity index (χ4n) is 1.67. The minimum absolute atomic E-state index is 0.00823. The van der Waals surface area contributed by atoms with Gasteiger partial charge < -0.3 is 4.74 Å². The van der Waals surface area contributed by atoms with E-state index in [1.54, 1.807) is 0 Å². The molecule has 2 aromatic rings. The summed E-state index contributed by atoms with van der Waals surface area (Å²) in [6.45, 7) is 0.627. The molecule has 0 fully saturated rings. The quantitative estimate of drug-likeness (QED) is 0.575. The molecule has 0 saturated carbocycles. The highest BCUT2D eigenvalue weighted by atomic mass is 79.9. The summed E-state index contributed by atoms with van der Waals surface area (Å²) in [5.41, 5.74) is 1.62. The first-order chi connectivity index (χ1) is 9.58. The monoisotopic (exact) mass is 355 g/mol. The summed E-state index contributed by atoms with van der Waals surface area (Å²) in [5.74, 6) is 0. The van der Waals surface area contributed by atoms with Crippen molar-refractivity contribution in [1.29, 1.82) is 0 Å². The van der Waals surface area contributed by atoms with Gasteiger partial charge >= 0.3 is 0 Å². The van der Waals surface area contributed by atoms with Crippen LogP contribution in [0.5, 0.6) is 0 Å². The van der Waals surface area contributed by atoms with Crippen LogP contribution in [-0.4, -0.2) is 4.92 Å². The van der Waals surface area contributed by atoms with Crippen LogP contribution >= 0.6 is 27.5 Å². The second-order valence-corrected chi connectivity index (χ2v) is 5.38. The number of halogens is 2. The van der Waals surface area contributed by atoms with Crippen LogP contribution < -0.4 is 0 Å². The van der Waals surface area contributed by atoms with Crippen molar-refractivity contribution in [3.63, 3.8) is 0 Å². The van der Waals surface area contributed by atoms with Crippen molar-refractivity contribution >= 4 is 33.2 Å². The van der Waals surface area contributed by atoms with Crippen molar-refractivity contribution in [3.05, 3.63) is 73.2 Å². The zero-order valence-corrected chi connectivity index (χ0v) is 12.7. The van der Waals surface area contributed by atoms with E-state index in [-0.39, 0.29) is 12.3 Å². The lowest BCUT2D eigenvalue weighted by atomic mass is 10.2. The van der Waals surface area contributed by atoms with Gasteiger partial charge in [0.05, 0.1) is 18.1 Å². The number of rotatable bonds is 5. The molecule has 0 radical (unpaired) electrons. The number of non-ortho nitro benzene ring substituents is 1. The molecule has 0 amide bonds. The van der Waals surface area contributed by atoms with E-state index in [0.29, 0.717) is 17.2 Å². The molecule has 4 nitrogen and oxygen atoms in total. The minimum Gasteiger partial charge on any atom is -0.372 e. The van der Waals surface area contributed by atoms with Gasteiger partial charge in [0.15, 0.2) is 0 Å². The van der Waals surface area contributed by atoms with E-state index < -0.39 is 4.92 Å². The Morgan fingerprint density at radius 2 is 1.85 bits per heavy atom. The van der Waals surface area contributed by atoms with Gasteiger partial charge in [-0.2, -0.15) is 0 Å². The van der Waals surface area contributed by atoms with Crippen molar-refractivity contribution in [2.75, 3.05) is 0 Å². The Morgan fingerprint density at radius 1 is 1.15 bits per heavy atom. The number of hydrogen-bond acceptors (Lipinski definition) is 3. The van der Waals surface area contributed by atoms with E-state index in [2.05, 4.69) is 15.9 Å². The molecule has 0 aromatic heterocycles. The van der Waals surface area contributed by atoms with Gasteiger partial charge in [-0.25, -0.2) is 0 Å². The van der Waals surface area contributed by atoms with Crippen molar-refractivity contribution in [2.45, 2.75) is 13.2 Å². The van der Waals surface area contributed by atoms with Crippen LogP contribution in [0, 0.1) is 10.1 Å². The normalized spacial score (nSPS) is 10.5. The lowest BCUT2D eigenvalue weighted by molar-refractivity contribution is -0.384. The lowest BCUT2D eigenvalue weighted by Crippen LogP contribution is -1.97. The Kier molecular flexibility index (Phi) is 5.11. The molecule has 104 valence electrons. The Balaban J connectivity index is 2.02. The molecule has 0 atom stereocenters. The van der Waals surface area contributed by atoms with E-state index in [1.807, 2.05) is 24.3 Å². The molecule has 2 rings (SSSR count). The van der Waals surface area contributed by atoms with Gasteiger partial charge in [0, 0.05) is 27.2 Å². The van der Waals surface area contributed by atoms with Gasteiger partial charge in [-0.1, -0.05) is 45.7 Å². The smallest absolute Gasteiger partial charge is 0.269 e. The van der Waals surface area contributed by atoms with Crippen LogP contribution in [0.4, 0.5) is 5.69 Å². The molecule has 0 heterocycles. The Hall–Kier alpha value is -1.43. The molecule has 0 bridgehead atoms. The van der Waals surface area contributed by atoms with E-state index >= 15 is 0 Å². The summed E-state index contributed by atoms with van der Waals surface area (Å²) in [4.78, 5) is 10.3. The average Bonchev–Trinajstić information content (AvgIpc) is 2.42. The molecular formula is C14H11BrClNO3. The molecule has 20 heavy (non-hydrogen) atoms. The summed E-state index contributed by atoms with van der Waals surface area (Å²) >= 11 is 9.43. The number of benzene rings is 2. The van der Waals surface area contributed by atoms with Crippen LogP contribution in [-0.2, 0) is 18.0 Å². The van der Waals surface area contributed by atoms with Crippen LogP contribution in [0.1, 0.15) is 11.1 Å². The maximum absolute atomic E-state index is 10.7. The predicted octanol–water partition coefficient (Wildman–Crippen LogP) is 4.73. The zero-order valence-electron chi connectivity index (χ0n) is 10.4. The standard InChI is InChI=1S/C14H11BrClNO3/c15-13-4-2-1-3-10(13)8-20-9-11-7-12(17(18)19)5-6-14(11)16/h1-7H,8-9H2. The molecule has 0 spiro atoms. The van der Waals surface area contributed by atoms with Crippen LogP contribution in [0.2, 0.25) is 5.02 Å². The number of nitrogens with zero attached hydrogens (tertiary/aromatic N) is 1. The second-order valence-electron chi connectivity index (χ2n) is 4.12. The first-order valence-corrected chi connectivity index (χ1v) is 6.99. The molecule has 6 heteroatoms. The average molecular weight is 357 g/mol. The van der Waals surface area contributed by atoms with Gasteiger partial charge in [0.25, 0.3) is 5.69 Å². The van der Waals surface area contributed by atoms with Gasteiger partial charge in [-0.15, -0.1) is 0 Å². The topological polar surface area (TPSA) is 52.4 Å². The van der Waals surface area contributed by atoms with E-state index in [0.717, 1.165) is 10.0 Å². The summed E-state index contributed by atoms with van der Waals surface area (Å²) in [6, 6.07) is 12.0. The predicted molar refractivity (Wildman–Crippen MR) is 80.7 cm³/mol. The molecule has 0 N–H and O–H groups in total. The highest BCUT2D eigenvalue weighted by molar-refractivity contribution is 9.10. The minimum atomic E-state index is -0.451. The summed E-state index contributed by atoms with van der Waals surface area (Å²) in [7, 11) is 0. The molecule has 0 aliphatic heterocycles. The molecule has 0 saturated heterocycles. The van der Waals surface area contributed by atoms with E-state index in [4.69, 9.17) is 16.3 Å². The van der Waals surface area contributed by atoms with Crippen LogP contribution in [0.15, 0.2) is 46.9 Å². The highest BCUT2D eigenvalue weighted by Crippen LogP contribution is 2.23. The third-order valence-electron chi connectivity index (χ3n) is 2.71. The largest absolute Gasteiger partial charge is 0.372 e. The fraction of sp³-hybridized carbons (Fsp3) is 0.143. The summed E-state index contributed by atoms with van der Waals surface area (Å²) < 4.78 is 6.53. The number of nitro groups is 1. The molecular weight excluding hydrogens is 346 g/mol. The van der Waals surface area contributed by atoms with Gasteiger partial charge in [0.2, 0.25) is 0 Å². The Bertz CT molecular complexity index is 634. The highest BCUT2D eigenvalue weighted by Gasteiger charge is 2.10. The number of ether oxygens (including phenoxy) is 1. The fourth-order valence-corrected chi connectivity index (χ4v) is 2.24. The third kappa shape index (κ3) is 3.79. The summed E-state index contributed by atoms with van der Waals surface area (Å²) in [5, 5.41) is 11.2. The van der Waals surface area contributed by atoms with Gasteiger partial charge in [0.1, 0.15) is 0 Å². The van der Waals surface area contributed by atoms with E-state index in [9.17, 15) is 10.1 Å². The third-order valence-corrected chi connectivity index (χ3v) is 3.86. The van der Waals surface area contributed by atoms with Crippen molar-refractivity contribution in [1.82, 2.24) is 0 Å². The Labute approximate surface area is 129 Å². The number of hydrogen-bond donors (Lipinski definition) is 0. The molecule has 0 aliphatic rings. The molecule has 0 aliphatic carbocycles. The van der Waals surface area contributed by atoms with Crippen LogP contribution in [0.3, 0.4) is 0 Å². The molecule has 2 aromatic carbocycles. The van der Waals surface area contributed by atoms with Gasteiger partial charge in [-0.05, 0) is 17.7 Å². The van der Waals surface area contributed by atoms with Crippen LogP contribution in [0.25, 0.3) is 0 Å². The van der Waals surface area contributed by atoms with Crippen molar-refractivity contribution < 1.29 is 9.66 Å². The van der Waals surface area contributed by atoms with Gasteiger partial charge in [-0.3, -0.25) is 10.1 Å². The maximum atomic E-state index is 10.7. The second kappa shape index (κ2) is 6.83. The molecule has 0 unspecified atom stereocenters. The first kappa shape index (κ1) is 15.0. The van der Waals surface area contributed by atoms with Crippen molar-refractivity contribution in [2.24, 2.45) is 0 Å². The first-order valence-electron chi connectivity index (χ1n) is 5.82.